The molecule has 170 valence electrons. The molecule has 3 heterocycles. The van der Waals surface area contributed by atoms with Gasteiger partial charge in [0.2, 0.25) is 5.72 Å². The minimum atomic E-state index is -0.829. The molecule has 2 aliphatic rings. The van der Waals surface area contributed by atoms with E-state index < -0.39 is 5.72 Å². The lowest BCUT2D eigenvalue weighted by molar-refractivity contribution is -0.0914. The Kier molecular flexibility index (Phi) is 5.19. The summed E-state index contributed by atoms with van der Waals surface area (Å²) in [5.41, 5.74) is 4.52. The van der Waals surface area contributed by atoms with Crippen LogP contribution < -0.4 is 4.74 Å². The van der Waals surface area contributed by atoms with Gasteiger partial charge in [-0.05, 0) is 67.7 Å². The number of nitrogens with zero attached hydrogens (tertiary/aromatic N) is 4. The molecule has 0 amide bonds. The number of hydrogen-bond donors (Lipinski definition) is 0. The van der Waals surface area contributed by atoms with Crippen molar-refractivity contribution in [1.82, 2.24) is 14.5 Å². The van der Waals surface area contributed by atoms with Crippen molar-refractivity contribution in [3.05, 3.63) is 82.7 Å². The Labute approximate surface area is 192 Å². The molecule has 0 saturated carbocycles. The van der Waals surface area contributed by atoms with Crippen LogP contribution in [0, 0.1) is 19.7 Å². The molecule has 5 rings (SSSR count). The Hall–Kier alpha value is -3.61. The standard InChI is InChI=1S/C26H27FN4O2/c1-17-7-9-21(14-22(17)27)26(3)31-11-5-6-20(25(31)29-33-26)12-19-8-10-23(24(13-19)32-4)30-15-18(2)28-16-30/h7-10,12-16H,5-6,11H2,1-4H3. The molecule has 0 radical (unpaired) electrons. The third-order valence-corrected chi connectivity index (χ3v) is 6.44. The van der Waals surface area contributed by atoms with E-state index in [9.17, 15) is 4.39 Å². The van der Waals surface area contributed by atoms with Crippen molar-refractivity contribution in [2.45, 2.75) is 39.3 Å². The minimum Gasteiger partial charge on any atom is -0.495 e. The molecule has 1 aromatic heterocycles. The number of fused-ring (bicyclic) bond motifs is 1. The molecule has 3 aromatic rings. The average molecular weight is 447 g/mol. The Morgan fingerprint density at radius 1 is 1.18 bits per heavy atom. The topological polar surface area (TPSA) is 51.9 Å². The van der Waals surface area contributed by atoms with Gasteiger partial charge in [0.15, 0.2) is 5.84 Å². The predicted molar refractivity (Wildman–Crippen MR) is 126 cm³/mol. The summed E-state index contributed by atoms with van der Waals surface area (Å²) in [7, 11) is 1.67. The number of oxime groups is 1. The van der Waals surface area contributed by atoms with E-state index in [0.29, 0.717) is 5.56 Å². The maximum absolute atomic E-state index is 14.3. The molecule has 1 atom stereocenters. The lowest BCUT2D eigenvalue weighted by Gasteiger charge is -2.37. The predicted octanol–water partition coefficient (Wildman–Crippen LogP) is 5.33. The Morgan fingerprint density at radius 3 is 2.76 bits per heavy atom. The number of piperidine rings is 1. The van der Waals surface area contributed by atoms with E-state index in [1.807, 2.05) is 42.8 Å². The second-order valence-electron chi connectivity index (χ2n) is 8.73. The Balaban J connectivity index is 1.46. The molecule has 0 aliphatic carbocycles. The molecule has 0 bridgehead atoms. The van der Waals surface area contributed by atoms with E-state index in [-0.39, 0.29) is 5.82 Å². The van der Waals surface area contributed by atoms with Crippen LogP contribution in [-0.4, -0.2) is 33.9 Å². The van der Waals surface area contributed by atoms with Gasteiger partial charge in [0.25, 0.3) is 0 Å². The van der Waals surface area contributed by atoms with Gasteiger partial charge in [-0.2, -0.15) is 0 Å². The van der Waals surface area contributed by atoms with Crippen LogP contribution in [-0.2, 0) is 10.6 Å². The fourth-order valence-corrected chi connectivity index (χ4v) is 4.50. The SMILES string of the molecule is COc1cc(C=C2CCCN3C2=NOC3(C)c2ccc(C)c(F)c2)ccc1-n1cnc(C)c1. The number of aryl methyl sites for hydroxylation is 2. The number of amidine groups is 1. The maximum Gasteiger partial charge on any atom is 0.234 e. The molecule has 0 N–H and O–H groups in total. The maximum atomic E-state index is 14.3. The quantitative estimate of drug-likeness (QED) is 0.543. The van der Waals surface area contributed by atoms with Crippen molar-refractivity contribution >= 4 is 11.9 Å². The summed E-state index contributed by atoms with van der Waals surface area (Å²) in [4.78, 5) is 12.4. The summed E-state index contributed by atoms with van der Waals surface area (Å²) in [6.07, 6.45) is 7.72. The zero-order valence-electron chi connectivity index (χ0n) is 19.3. The number of aromatic nitrogens is 2. The zero-order chi connectivity index (χ0) is 23.2. The molecule has 2 aromatic carbocycles. The van der Waals surface area contributed by atoms with Gasteiger partial charge in [0.1, 0.15) is 11.6 Å². The van der Waals surface area contributed by atoms with E-state index in [2.05, 4.69) is 27.2 Å². The molecular formula is C26H27FN4O2. The summed E-state index contributed by atoms with van der Waals surface area (Å²) in [5, 5.41) is 4.44. The highest BCUT2D eigenvalue weighted by Crippen LogP contribution is 2.40. The first kappa shape index (κ1) is 21.2. The first-order valence-electron chi connectivity index (χ1n) is 11.1. The van der Waals surface area contributed by atoms with Crippen LogP contribution in [0.3, 0.4) is 0 Å². The molecular weight excluding hydrogens is 419 g/mol. The van der Waals surface area contributed by atoms with E-state index in [1.165, 1.54) is 0 Å². The van der Waals surface area contributed by atoms with Gasteiger partial charge in [-0.1, -0.05) is 23.4 Å². The summed E-state index contributed by atoms with van der Waals surface area (Å²) < 4.78 is 21.9. The molecule has 1 saturated heterocycles. The highest BCUT2D eigenvalue weighted by atomic mass is 19.1. The van der Waals surface area contributed by atoms with Crippen molar-refractivity contribution in [2.24, 2.45) is 5.16 Å². The summed E-state index contributed by atoms with van der Waals surface area (Å²) in [5.74, 6) is 1.33. The number of benzene rings is 2. The number of ether oxygens (including phenoxy) is 1. The third kappa shape index (κ3) is 3.67. The van der Waals surface area contributed by atoms with E-state index in [1.54, 1.807) is 32.5 Å². The normalized spacial score (nSPS) is 21.1. The molecule has 1 fully saturated rings. The Bertz CT molecular complexity index is 1280. The van der Waals surface area contributed by atoms with Gasteiger partial charge in [0.05, 0.1) is 24.8 Å². The minimum absolute atomic E-state index is 0.237. The van der Waals surface area contributed by atoms with E-state index in [0.717, 1.165) is 59.1 Å². The first-order valence-corrected chi connectivity index (χ1v) is 11.1. The fraction of sp³-hybridized carbons (Fsp3) is 0.308. The monoisotopic (exact) mass is 446 g/mol. The number of rotatable bonds is 4. The molecule has 33 heavy (non-hydrogen) atoms. The zero-order valence-corrected chi connectivity index (χ0v) is 19.3. The van der Waals surface area contributed by atoms with Gasteiger partial charge in [-0.3, -0.25) is 0 Å². The van der Waals surface area contributed by atoms with Gasteiger partial charge < -0.3 is 19.0 Å². The number of halogens is 1. The highest BCUT2D eigenvalue weighted by molar-refractivity contribution is 6.03. The summed E-state index contributed by atoms with van der Waals surface area (Å²) in [6.45, 7) is 6.46. The second-order valence-corrected chi connectivity index (χ2v) is 8.73. The van der Waals surface area contributed by atoms with Crippen molar-refractivity contribution in [3.8, 4) is 11.4 Å². The van der Waals surface area contributed by atoms with E-state index >= 15 is 0 Å². The second kappa shape index (κ2) is 8.06. The average Bonchev–Trinajstić information content (AvgIpc) is 3.40. The van der Waals surface area contributed by atoms with Crippen LogP contribution in [0.25, 0.3) is 11.8 Å². The fourth-order valence-electron chi connectivity index (χ4n) is 4.50. The third-order valence-electron chi connectivity index (χ3n) is 6.44. The van der Waals surface area contributed by atoms with Crippen molar-refractivity contribution in [2.75, 3.05) is 13.7 Å². The first-order chi connectivity index (χ1) is 15.9. The number of methoxy groups -OCH3 is 1. The summed E-state index contributed by atoms with van der Waals surface area (Å²) >= 11 is 0. The van der Waals surface area contributed by atoms with Gasteiger partial charge >= 0.3 is 0 Å². The van der Waals surface area contributed by atoms with Crippen LogP contribution in [0.15, 0.2) is 59.7 Å². The highest BCUT2D eigenvalue weighted by Gasteiger charge is 2.46. The smallest absolute Gasteiger partial charge is 0.234 e. The van der Waals surface area contributed by atoms with Crippen molar-refractivity contribution in [3.63, 3.8) is 0 Å². The molecule has 2 aliphatic heterocycles. The van der Waals surface area contributed by atoms with Gasteiger partial charge in [-0.25, -0.2) is 9.37 Å². The van der Waals surface area contributed by atoms with Crippen LogP contribution in [0.5, 0.6) is 5.75 Å². The lowest BCUT2D eigenvalue weighted by Crippen LogP contribution is -2.47. The molecule has 6 nitrogen and oxygen atoms in total. The largest absolute Gasteiger partial charge is 0.495 e. The number of hydrogen-bond acceptors (Lipinski definition) is 5. The van der Waals surface area contributed by atoms with Gasteiger partial charge in [0, 0.05) is 25.2 Å². The summed E-state index contributed by atoms with van der Waals surface area (Å²) in [6, 6.07) is 11.3. The Morgan fingerprint density at radius 2 is 2.03 bits per heavy atom. The molecule has 7 heteroatoms. The van der Waals surface area contributed by atoms with Crippen molar-refractivity contribution < 1.29 is 14.0 Å². The van der Waals surface area contributed by atoms with Crippen molar-refractivity contribution in [1.29, 1.82) is 0 Å². The molecule has 0 spiro atoms. The van der Waals surface area contributed by atoms with E-state index in [4.69, 9.17) is 9.57 Å². The van der Waals surface area contributed by atoms with Crippen LogP contribution in [0.2, 0.25) is 0 Å². The van der Waals surface area contributed by atoms with Gasteiger partial charge in [-0.15, -0.1) is 0 Å². The van der Waals surface area contributed by atoms with Crippen LogP contribution >= 0.6 is 0 Å². The number of imidazole rings is 1. The molecule has 1 unspecified atom stereocenters. The lowest BCUT2D eigenvalue weighted by atomic mass is 9.95. The van der Waals surface area contributed by atoms with Crippen LogP contribution in [0.1, 0.15) is 42.1 Å². The van der Waals surface area contributed by atoms with Crippen LogP contribution in [0.4, 0.5) is 4.39 Å².